The quantitative estimate of drug-likeness (QED) is 0.147. The third-order valence-electron chi connectivity index (χ3n) is 6.16. The lowest BCUT2D eigenvalue weighted by molar-refractivity contribution is -0.146. The van der Waals surface area contributed by atoms with Crippen LogP contribution in [0, 0.1) is 0 Å². The van der Waals surface area contributed by atoms with Crippen LogP contribution in [0.1, 0.15) is 42.5 Å². The standard InChI is InChI=1S/C31H27FO5/c1-3-31(2,32)30(36)37-27-18-10-23(11-19-27)29(22-8-16-26(35)17-9-22)28(20-4-12-24(33)13-5-20)21-6-14-25(34)15-7-21/h4-19,33-35H,3H2,1-2H3. The van der Waals surface area contributed by atoms with Crippen molar-refractivity contribution >= 4 is 17.1 Å². The molecular formula is C31H27FO5. The lowest BCUT2D eigenvalue weighted by Crippen LogP contribution is -2.33. The molecule has 0 aromatic heterocycles. The number of phenols is 3. The number of ether oxygens (including phenoxy) is 1. The minimum Gasteiger partial charge on any atom is -0.508 e. The van der Waals surface area contributed by atoms with Crippen molar-refractivity contribution in [2.24, 2.45) is 0 Å². The Balaban J connectivity index is 1.91. The molecule has 5 nitrogen and oxygen atoms in total. The van der Waals surface area contributed by atoms with Crippen LogP contribution in [0.25, 0.3) is 11.1 Å². The fourth-order valence-corrected chi connectivity index (χ4v) is 3.84. The molecule has 1 unspecified atom stereocenters. The summed E-state index contributed by atoms with van der Waals surface area (Å²) in [4.78, 5) is 12.2. The minimum atomic E-state index is -2.08. The summed E-state index contributed by atoms with van der Waals surface area (Å²) in [5.41, 5.74) is 2.68. The van der Waals surface area contributed by atoms with Crippen molar-refractivity contribution in [3.05, 3.63) is 119 Å². The first-order valence-corrected chi connectivity index (χ1v) is 11.8. The van der Waals surface area contributed by atoms with Gasteiger partial charge >= 0.3 is 5.97 Å². The van der Waals surface area contributed by atoms with Crippen molar-refractivity contribution in [2.75, 3.05) is 0 Å². The molecule has 4 rings (SSSR count). The molecule has 0 saturated heterocycles. The molecule has 0 spiro atoms. The Morgan fingerprint density at radius 1 is 0.649 bits per heavy atom. The molecule has 3 N–H and O–H groups in total. The van der Waals surface area contributed by atoms with Gasteiger partial charge in [-0.05, 0) is 95.3 Å². The lowest BCUT2D eigenvalue weighted by Gasteiger charge is -2.19. The number of halogens is 1. The van der Waals surface area contributed by atoms with E-state index in [1.54, 1.807) is 104 Å². The molecule has 4 aromatic rings. The average molecular weight is 499 g/mol. The van der Waals surface area contributed by atoms with Crippen LogP contribution in [0.3, 0.4) is 0 Å². The summed E-state index contributed by atoms with van der Waals surface area (Å²) in [6.07, 6.45) is 0.000273. The van der Waals surface area contributed by atoms with Gasteiger partial charge in [-0.2, -0.15) is 0 Å². The molecule has 0 fully saturated rings. The Morgan fingerprint density at radius 3 is 1.24 bits per heavy atom. The Labute approximate surface area is 214 Å². The predicted octanol–water partition coefficient (Wildman–Crippen LogP) is 6.85. The van der Waals surface area contributed by atoms with Gasteiger partial charge < -0.3 is 20.1 Å². The first-order valence-electron chi connectivity index (χ1n) is 11.8. The number of carbonyl (C=O) groups excluding carboxylic acids is 1. The maximum Gasteiger partial charge on any atom is 0.348 e. The smallest absolute Gasteiger partial charge is 0.348 e. The van der Waals surface area contributed by atoms with E-state index in [0.717, 1.165) is 33.4 Å². The van der Waals surface area contributed by atoms with Crippen molar-refractivity contribution in [1.29, 1.82) is 0 Å². The zero-order chi connectivity index (χ0) is 26.6. The van der Waals surface area contributed by atoms with E-state index in [2.05, 4.69) is 0 Å². The van der Waals surface area contributed by atoms with Crippen LogP contribution in [0.15, 0.2) is 97.1 Å². The molecule has 4 aromatic carbocycles. The number of hydrogen-bond acceptors (Lipinski definition) is 5. The Bertz CT molecular complexity index is 1360. The van der Waals surface area contributed by atoms with Gasteiger partial charge in [-0.25, -0.2) is 9.18 Å². The SMILES string of the molecule is CCC(C)(F)C(=O)Oc1ccc(C(=C(c2ccc(O)cc2)c2ccc(O)cc2)c2ccc(O)cc2)cc1. The normalized spacial score (nSPS) is 12.4. The molecule has 0 amide bonds. The summed E-state index contributed by atoms with van der Waals surface area (Å²) < 4.78 is 19.6. The van der Waals surface area contributed by atoms with Crippen LogP contribution in [0.4, 0.5) is 4.39 Å². The van der Waals surface area contributed by atoms with E-state index >= 15 is 0 Å². The summed E-state index contributed by atoms with van der Waals surface area (Å²) in [6.45, 7) is 2.77. The van der Waals surface area contributed by atoms with Crippen molar-refractivity contribution in [3.8, 4) is 23.0 Å². The van der Waals surface area contributed by atoms with E-state index in [4.69, 9.17) is 4.74 Å². The molecule has 0 radical (unpaired) electrons. The number of rotatable bonds is 7. The highest BCUT2D eigenvalue weighted by atomic mass is 19.1. The summed E-state index contributed by atoms with van der Waals surface area (Å²) in [6, 6.07) is 27.0. The molecule has 37 heavy (non-hydrogen) atoms. The Kier molecular flexibility index (Phi) is 7.30. The number of hydrogen-bond donors (Lipinski definition) is 3. The second-order valence-electron chi connectivity index (χ2n) is 8.86. The fraction of sp³-hybridized carbons (Fsp3) is 0.129. The van der Waals surface area contributed by atoms with Crippen LogP contribution in [-0.2, 0) is 4.79 Å². The maximum absolute atomic E-state index is 14.4. The van der Waals surface area contributed by atoms with E-state index < -0.39 is 11.6 Å². The molecule has 0 heterocycles. The molecule has 0 aliphatic heterocycles. The zero-order valence-electron chi connectivity index (χ0n) is 20.5. The van der Waals surface area contributed by atoms with Gasteiger partial charge in [0.2, 0.25) is 5.67 Å². The van der Waals surface area contributed by atoms with Gasteiger partial charge in [0, 0.05) is 0 Å². The summed E-state index contributed by atoms with van der Waals surface area (Å²) in [5.74, 6) is -0.375. The van der Waals surface area contributed by atoms with Crippen LogP contribution in [0.2, 0.25) is 0 Å². The number of esters is 1. The van der Waals surface area contributed by atoms with Gasteiger partial charge in [0.05, 0.1) is 0 Å². The third-order valence-corrected chi connectivity index (χ3v) is 6.16. The van der Waals surface area contributed by atoms with Gasteiger partial charge in [-0.1, -0.05) is 55.5 Å². The number of alkyl halides is 1. The second-order valence-corrected chi connectivity index (χ2v) is 8.86. The molecule has 0 saturated carbocycles. The second kappa shape index (κ2) is 10.6. The highest BCUT2D eigenvalue weighted by molar-refractivity contribution is 6.04. The first-order chi connectivity index (χ1) is 17.7. The van der Waals surface area contributed by atoms with E-state index in [9.17, 15) is 24.5 Å². The van der Waals surface area contributed by atoms with Gasteiger partial charge in [0.1, 0.15) is 23.0 Å². The van der Waals surface area contributed by atoms with Crippen LogP contribution in [0.5, 0.6) is 23.0 Å². The average Bonchev–Trinajstić information content (AvgIpc) is 2.90. The topological polar surface area (TPSA) is 87.0 Å². The van der Waals surface area contributed by atoms with E-state index in [1.807, 2.05) is 0 Å². The van der Waals surface area contributed by atoms with E-state index in [0.29, 0.717) is 0 Å². The highest BCUT2D eigenvalue weighted by Crippen LogP contribution is 2.38. The molecule has 0 bridgehead atoms. The van der Waals surface area contributed by atoms with Gasteiger partial charge in [0.25, 0.3) is 0 Å². The minimum absolute atomic E-state index is 0.000273. The van der Waals surface area contributed by atoms with Crippen molar-refractivity contribution in [2.45, 2.75) is 25.9 Å². The first kappa shape index (κ1) is 25.5. The number of aromatic hydroxyl groups is 3. The van der Waals surface area contributed by atoms with Crippen LogP contribution >= 0.6 is 0 Å². The van der Waals surface area contributed by atoms with E-state index in [-0.39, 0.29) is 29.4 Å². The predicted molar refractivity (Wildman–Crippen MR) is 141 cm³/mol. The molecular weight excluding hydrogens is 471 g/mol. The maximum atomic E-state index is 14.4. The number of carbonyl (C=O) groups is 1. The van der Waals surface area contributed by atoms with Crippen LogP contribution < -0.4 is 4.74 Å². The largest absolute Gasteiger partial charge is 0.508 e. The van der Waals surface area contributed by atoms with Crippen molar-refractivity contribution < 1.29 is 29.2 Å². The zero-order valence-corrected chi connectivity index (χ0v) is 20.5. The third kappa shape index (κ3) is 5.81. The molecule has 1 atom stereocenters. The molecule has 0 aliphatic carbocycles. The van der Waals surface area contributed by atoms with Gasteiger partial charge in [-0.15, -0.1) is 0 Å². The summed E-state index contributed by atoms with van der Waals surface area (Å²) in [7, 11) is 0. The number of benzene rings is 4. The van der Waals surface area contributed by atoms with E-state index in [1.165, 1.54) is 6.92 Å². The Hall–Kier alpha value is -4.58. The van der Waals surface area contributed by atoms with Crippen LogP contribution in [-0.4, -0.2) is 27.0 Å². The lowest BCUT2D eigenvalue weighted by atomic mass is 9.85. The highest BCUT2D eigenvalue weighted by Gasteiger charge is 2.33. The van der Waals surface area contributed by atoms with Crippen molar-refractivity contribution in [1.82, 2.24) is 0 Å². The molecule has 0 aliphatic rings. The summed E-state index contributed by atoms with van der Waals surface area (Å²) in [5, 5.41) is 29.7. The number of phenolic OH excluding ortho intramolecular Hbond substituents is 3. The van der Waals surface area contributed by atoms with Crippen molar-refractivity contribution in [3.63, 3.8) is 0 Å². The Morgan fingerprint density at radius 2 is 0.946 bits per heavy atom. The fourth-order valence-electron chi connectivity index (χ4n) is 3.84. The summed E-state index contributed by atoms with van der Waals surface area (Å²) >= 11 is 0. The van der Waals surface area contributed by atoms with Gasteiger partial charge in [0.15, 0.2) is 0 Å². The molecule has 6 heteroatoms. The monoisotopic (exact) mass is 498 g/mol. The van der Waals surface area contributed by atoms with Gasteiger partial charge in [-0.3, -0.25) is 0 Å². The molecule has 188 valence electrons.